The number of aliphatic hydroxyl groups is 1. The first kappa shape index (κ1) is 11.5. The molecular weight excluding hydrogens is 168 g/mol. The number of allylic oxidation sites excluding steroid dienone is 3. The smallest absolute Gasteiger partial charge is 0.293 e. The van der Waals surface area contributed by atoms with E-state index in [9.17, 15) is 4.79 Å². The van der Waals surface area contributed by atoms with Crippen LogP contribution in [0.1, 0.15) is 13.3 Å². The Bertz CT molecular complexity index is 226. The first-order chi connectivity index (χ1) is 6.20. The Kier molecular flexibility index (Phi) is 6.32. The first-order valence-corrected chi connectivity index (χ1v) is 3.97. The Hall–Kier alpha value is -1.51. The number of carbonyl (C=O) groups excluding carboxylic acids is 1. The summed E-state index contributed by atoms with van der Waals surface area (Å²) in [5, 5.41) is 9.02. The maximum absolute atomic E-state index is 9.78. The minimum atomic E-state index is 0.192. The van der Waals surface area contributed by atoms with Gasteiger partial charge in [0.1, 0.15) is 5.76 Å². The van der Waals surface area contributed by atoms with Crippen molar-refractivity contribution in [1.29, 1.82) is 0 Å². The predicted molar refractivity (Wildman–Crippen MR) is 51.3 cm³/mol. The van der Waals surface area contributed by atoms with Crippen molar-refractivity contribution in [3.8, 4) is 0 Å². The van der Waals surface area contributed by atoms with Gasteiger partial charge in [-0.3, -0.25) is 4.79 Å². The molecule has 0 saturated heterocycles. The molecule has 0 unspecified atom stereocenters. The van der Waals surface area contributed by atoms with Gasteiger partial charge in [0, 0.05) is 6.42 Å². The lowest BCUT2D eigenvalue weighted by Crippen LogP contribution is -1.91. The average Bonchev–Trinajstić information content (AvgIpc) is 2.14. The van der Waals surface area contributed by atoms with E-state index in [4.69, 9.17) is 5.11 Å². The molecule has 1 N–H and O–H groups in total. The van der Waals surface area contributed by atoms with Crippen molar-refractivity contribution in [3.63, 3.8) is 0 Å². The second kappa shape index (κ2) is 7.16. The third-order valence-electron chi connectivity index (χ3n) is 1.39. The summed E-state index contributed by atoms with van der Waals surface area (Å²) in [4.78, 5) is 9.78. The standard InChI is InChI=1S/C10H14O3/c1-3-10(12)5-4-9(2)6-7-13-8-11/h3-5,8,12H,2,6-7H2,1H3/b5-4-,10-3+. The molecule has 0 heterocycles. The number of aliphatic hydroxyl groups excluding tert-OH is 1. The molecule has 0 atom stereocenters. The highest BCUT2D eigenvalue weighted by Crippen LogP contribution is 2.02. The van der Waals surface area contributed by atoms with Crippen molar-refractivity contribution in [2.45, 2.75) is 13.3 Å². The summed E-state index contributed by atoms with van der Waals surface area (Å²) in [6.07, 6.45) is 5.38. The molecule has 13 heavy (non-hydrogen) atoms. The van der Waals surface area contributed by atoms with E-state index in [0.29, 0.717) is 19.5 Å². The molecule has 0 aromatic heterocycles. The van der Waals surface area contributed by atoms with Crippen LogP contribution in [0.3, 0.4) is 0 Å². The first-order valence-electron chi connectivity index (χ1n) is 3.97. The van der Waals surface area contributed by atoms with Gasteiger partial charge in [0.2, 0.25) is 0 Å². The second-order valence-corrected chi connectivity index (χ2v) is 2.42. The van der Waals surface area contributed by atoms with Crippen molar-refractivity contribution < 1.29 is 14.6 Å². The van der Waals surface area contributed by atoms with E-state index in [1.165, 1.54) is 0 Å². The molecule has 0 aromatic carbocycles. The van der Waals surface area contributed by atoms with Crippen molar-refractivity contribution in [3.05, 3.63) is 36.1 Å². The fourth-order valence-corrected chi connectivity index (χ4v) is 0.621. The molecular formula is C10H14O3. The lowest BCUT2D eigenvalue weighted by Gasteiger charge is -1.97. The van der Waals surface area contributed by atoms with Crippen molar-refractivity contribution >= 4 is 6.47 Å². The van der Waals surface area contributed by atoms with Crippen LogP contribution in [-0.2, 0) is 9.53 Å². The summed E-state index contributed by atoms with van der Waals surface area (Å²) >= 11 is 0. The van der Waals surface area contributed by atoms with Crippen LogP contribution in [0.15, 0.2) is 36.1 Å². The van der Waals surface area contributed by atoms with Gasteiger partial charge in [-0.25, -0.2) is 0 Å². The lowest BCUT2D eigenvalue weighted by atomic mass is 10.2. The third-order valence-corrected chi connectivity index (χ3v) is 1.39. The fraction of sp³-hybridized carbons (Fsp3) is 0.300. The van der Waals surface area contributed by atoms with Gasteiger partial charge >= 0.3 is 0 Å². The van der Waals surface area contributed by atoms with E-state index in [1.54, 1.807) is 25.2 Å². The topological polar surface area (TPSA) is 46.5 Å². The van der Waals surface area contributed by atoms with Gasteiger partial charge < -0.3 is 9.84 Å². The fourth-order valence-electron chi connectivity index (χ4n) is 0.621. The van der Waals surface area contributed by atoms with E-state index >= 15 is 0 Å². The summed E-state index contributed by atoms with van der Waals surface area (Å²) in [7, 11) is 0. The minimum absolute atomic E-state index is 0.192. The summed E-state index contributed by atoms with van der Waals surface area (Å²) in [6, 6.07) is 0. The highest BCUT2D eigenvalue weighted by molar-refractivity contribution is 5.37. The van der Waals surface area contributed by atoms with E-state index in [0.717, 1.165) is 5.57 Å². The van der Waals surface area contributed by atoms with Gasteiger partial charge in [0.15, 0.2) is 0 Å². The summed E-state index contributed by atoms with van der Waals surface area (Å²) in [6.45, 7) is 6.17. The summed E-state index contributed by atoms with van der Waals surface area (Å²) < 4.78 is 4.48. The molecule has 0 aliphatic rings. The van der Waals surface area contributed by atoms with Gasteiger partial charge in [-0.2, -0.15) is 0 Å². The van der Waals surface area contributed by atoms with Crippen LogP contribution in [0.25, 0.3) is 0 Å². The molecule has 0 aliphatic heterocycles. The van der Waals surface area contributed by atoms with Gasteiger partial charge in [0.05, 0.1) is 6.61 Å². The Labute approximate surface area is 78.0 Å². The zero-order valence-electron chi connectivity index (χ0n) is 7.69. The molecule has 0 spiro atoms. The quantitative estimate of drug-likeness (QED) is 0.296. The molecule has 0 radical (unpaired) electrons. The van der Waals surface area contributed by atoms with Crippen LogP contribution >= 0.6 is 0 Å². The Morgan fingerprint density at radius 3 is 2.77 bits per heavy atom. The number of hydrogen-bond donors (Lipinski definition) is 1. The molecule has 0 saturated carbocycles. The van der Waals surface area contributed by atoms with E-state index in [1.807, 2.05) is 0 Å². The van der Waals surface area contributed by atoms with Gasteiger partial charge in [-0.15, -0.1) is 0 Å². The van der Waals surface area contributed by atoms with Crippen molar-refractivity contribution in [2.75, 3.05) is 6.61 Å². The van der Waals surface area contributed by atoms with Crippen LogP contribution < -0.4 is 0 Å². The van der Waals surface area contributed by atoms with Crippen LogP contribution in [0, 0.1) is 0 Å². The molecule has 3 nitrogen and oxygen atoms in total. The van der Waals surface area contributed by atoms with Crippen molar-refractivity contribution in [1.82, 2.24) is 0 Å². The van der Waals surface area contributed by atoms with E-state index in [-0.39, 0.29) is 5.76 Å². The second-order valence-electron chi connectivity index (χ2n) is 2.42. The zero-order valence-corrected chi connectivity index (χ0v) is 7.69. The lowest BCUT2D eigenvalue weighted by molar-refractivity contribution is -0.128. The zero-order chi connectivity index (χ0) is 10.1. The molecule has 0 bridgehead atoms. The number of carbonyl (C=O) groups is 1. The average molecular weight is 182 g/mol. The highest BCUT2D eigenvalue weighted by Gasteiger charge is 1.89. The molecule has 0 fully saturated rings. The normalized spacial score (nSPS) is 11.6. The van der Waals surface area contributed by atoms with E-state index in [2.05, 4.69) is 11.3 Å². The van der Waals surface area contributed by atoms with Gasteiger partial charge in [-0.05, 0) is 19.1 Å². The molecule has 72 valence electrons. The Morgan fingerprint density at radius 2 is 2.23 bits per heavy atom. The number of rotatable bonds is 6. The molecule has 0 aliphatic carbocycles. The van der Waals surface area contributed by atoms with Gasteiger partial charge in [-0.1, -0.05) is 18.2 Å². The molecule has 0 aromatic rings. The minimum Gasteiger partial charge on any atom is -0.508 e. The number of hydrogen-bond acceptors (Lipinski definition) is 3. The Morgan fingerprint density at radius 1 is 1.54 bits per heavy atom. The van der Waals surface area contributed by atoms with Crippen LogP contribution in [-0.4, -0.2) is 18.2 Å². The largest absolute Gasteiger partial charge is 0.508 e. The molecule has 3 heteroatoms. The van der Waals surface area contributed by atoms with Gasteiger partial charge in [0.25, 0.3) is 6.47 Å². The Balaban J connectivity index is 3.74. The molecule has 0 amide bonds. The van der Waals surface area contributed by atoms with Crippen LogP contribution in [0.2, 0.25) is 0 Å². The summed E-state index contributed by atoms with van der Waals surface area (Å²) in [5.41, 5.74) is 0.801. The molecule has 0 rings (SSSR count). The maximum Gasteiger partial charge on any atom is 0.293 e. The monoisotopic (exact) mass is 182 g/mol. The third kappa shape index (κ3) is 6.87. The number of ether oxygens (including phenoxy) is 1. The summed E-state index contributed by atoms with van der Waals surface area (Å²) in [5.74, 6) is 0.192. The van der Waals surface area contributed by atoms with E-state index < -0.39 is 0 Å². The predicted octanol–water partition coefficient (Wildman–Crippen LogP) is 2.12. The van der Waals surface area contributed by atoms with Crippen LogP contribution in [0.4, 0.5) is 0 Å². The highest BCUT2D eigenvalue weighted by atomic mass is 16.5. The van der Waals surface area contributed by atoms with Crippen molar-refractivity contribution in [2.24, 2.45) is 0 Å². The SMILES string of the molecule is C=C(/C=C\C(O)=C/C)CCOC=O. The van der Waals surface area contributed by atoms with Crippen LogP contribution in [0.5, 0.6) is 0 Å². The maximum atomic E-state index is 9.78.